The van der Waals surface area contributed by atoms with E-state index in [0.29, 0.717) is 11.4 Å². The SMILES string of the molecule is Cc1c(NC(=O)CCCC(=O)Nc2cccc(C(F)(F)F)c2)c(=O)n(-c2ccccc2)n1C. The molecule has 0 saturated heterocycles. The van der Waals surface area contributed by atoms with Crippen molar-refractivity contribution in [3.8, 4) is 5.69 Å². The number of nitrogens with one attached hydrogen (secondary N) is 2. The number of rotatable bonds is 7. The fraction of sp³-hybridized carbons (Fsp3) is 0.261. The number of anilines is 2. The number of carbonyl (C=O) groups is 2. The van der Waals surface area contributed by atoms with Gasteiger partial charge in [-0.1, -0.05) is 24.3 Å². The Morgan fingerprint density at radius 3 is 2.21 bits per heavy atom. The van der Waals surface area contributed by atoms with Crippen LogP contribution < -0.4 is 16.2 Å². The van der Waals surface area contributed by atoms with Gasteiger partial charge in [0.1, 0.15) is 5.69 Å². The van der Waals surface area contributed by atoms with E-state index in [0.717, 1.165) is 12.1 Å². The summed E-state index contributed by atoms with van der Waals surface area (Å²) in [5.74, 6) is -0.947. The van der Waals surface area contributed by atoms with Crippen molar-refractivity contribution < 1.29 is 22.8 Å². The van der Waals surface area contributed by atoms with E-state index >= 15 is 0 Å². The molecule has 0 bridgehead atoms. The summed E-state index contributed by atoms with van der Waals surface area (Å²) in [6, 6.07) is 13.3. The monoisotopic (exact) mass is 460 g/mol. The summed E-state index contributed by atoms with van der Waals surface area (Å²) in [5, 5.41) is 5.00. The average Bonchev–Trinajstić information content (AvgIpc) is 2.97. The molecule has 0 aliphatic rings. The lowest BCUT2D eigenvalue weighted by Gasteiger charge is -2.10. The molecular weight excluding hydrogens is 437 g/mol. The minimum absolute atomic E-state index is 0.0284. The van der Waals surface area contributed by atoms with E-state index in [1.54, 1.807) is 42.9 Å². The lowest BCUT2D eigenvalue weighted by atomic mass is 10.1. The molecule has 0 aliphatic carbocycles. The van der Waals surface area contributed by atoms with E-state index in [2.05, 4.69) is 10.6 Å². The third kappa shape index (κ3) is 5.71. The first-order valence-electron chi connectivity index (χ1n) is 10.2. The highest BCUT2D eigenvalue weighted by Gasteiger charge is 2.30. The molecule has 0 aliphatic heterocycles. The molecule has 10 heteroatoms. The van der Waals surface area contributed by atoms with Crippen LogP contribution in [0.3, 0.4) is 0 Å². The van der Waals surface area contributed by atoms with Gasteiger partial charge < -0.3 is 10.6 Å². The third-order valence-electron chi connectivity index (χ3n) is 5.10. The van der Waals surface area contributed by atoms with Crippen molar-refractivity contribution in [1.82, 2.24) is 9.36 Å². The Bertz CT molecular complexity index is 1210. The van der Waals surface area contributed by atoms with E-state index < -0.39 is 23.6 Å². The molecule has 0 spiro atoms. The molecule has 2 aromatic carbocycles. The first-order chi connectivity index (χ1) is 15.6. The summed E-state index contributed by atoms with van der Waals surface area (Å²) in [7, 11) is 1.71. The molecule has 2 N–H and O–H groups in total. The second-order valence-electron chi connectivity index (χ2n) is 7.46. The van der Waals surface area contributed by atoms with E-state index in [-0.39, 0.29) is 36.2 Å². The summed E-state index contributed by atoms with van der Waals surface area (Å²) in [6.07, 6.45) is -4.44. The number of alkyl halides is 3. The van der Waals surface area contributed by atoms with Crippen LogP contribution in [0.15, 0.2) is 59.4 Å². The zero-order valence-corrected chi connectivity index (χ0v) is 18.1. The van der Waals surface area contributed by atoms with Gasteiger partial charge in [-0.25, -0.2) is 4.68 Å². The number of nitrogens with zero attached hydrogens (tertiary/aromatic N) is 2. The van der Waals surface area contributed by atoms with E-state index in [1.165, 1.54) is 16.8 Å². The summed E-state index contributed by atoms with van der Waals surface area (Å²) in [5.41, 5.74) is 0.163. The van der Waals surface area contributed by atoms with Gasteiger partial charge in [0.05, 0.1) is 16.9 Å². The van der Waals surface area contributed by atoms with Gasteiger partial charge in [0.15, 0.2) is 0 Å². The summed E-state index contributed by atoms with van der Waals surface area (Å²) in [6.45, 7) is 1.71. The van der Waals surface area contributed by atoms with Crippen molar-refractivity contribution in [2.75, 3.05) is 10.6 Å². The standard InChI is InChI=1S/C23H23F3N4O3/c1-15-21(22(33)30(29(15)2)18-10-4-3-5-11-18)28-20(32)13-7-12-19(31)27-17-9-6-8-16(14-17)23(24,25)26/h3-6,8-11,14H,7,12-13H2,1-2H3,(H,27,31)(H,28,32). The molecule has 3 aromatic rings. The maximum Gasteiger partial charge on any atom is 0.416 e. The zero-order chi connectivity index (χ0) is 24.2. The second kappa shape index (κ2) is 9.76. The van der Waals surface area contributed by atoms with E-state index in [9.17, 15) is 27.6 Å². The van der Waals surface area contributed by atoms with Gasteiger partial charge in [0, 0.05) is 25.6 Å². The molecule has 7 nitrogen and oxygen atoms in total. The van der Waals surface area contributed by atoms with Crippen molar-refractivity contribution >= 4 is 23.2 Å². The first-order valence-corrected chi connectivity index (χ1v) is 10.2. The Balaban J connectivity index is 1.56. The van der Waals surface area contributed by atoms with Crippen LogP contribution in [-0.2, 0) is 22.8 Å². The van der Waals surface area contributed by atoms with Crippen LogP contribution in [-0.4, -0.2) is 21.2 Å². The lowest BCUT2D eigenvalue weighted by molar-refractivity contribution is -0.137. The van der Waals surface area contributed by atoms with Gasteiger partial charge in [-0.05, 0) is 43.7 Å². The number of benzene rings is 2. The van der Waals surface area contributed by atoms with Crippen molar-refractivity contribution in [1.29, 1.82) is 0 Å². The van der Waals surface area contributed by atoms with Crippen molar-refractivity contribution in [3.63, 3.8) is 0 Å². The Morgan fingerprint density at radius 2 is 1.58 bits per heavy atom. The van der Waals surface area contributed by atoms with Gasteiger partial charge in [0.25, 0.3) is 5.56 Å². The van der Waals surface area contributed by atoms with Crippen LogP contribution >= 0.6 is 0 Å². The van der Waals surface area contributed by atoms with Gasteiger partial charge in [0.2, 0.25) is 11.8 Å². The van der Waals surface area contributed by atoms with Crippen LogP contribution in [0.2, 0.25) is 0 Å². The lowest BCUT2D eigenvalue weighted by Crippen LogP contribution is -2.23. The van der Waals surface area contributed by atoms with Gasteiger partial charge >= 0.3 is 6.18 Å². The molecule has 174 valence electrons. The van der Waals surface area contributed by atoms with Crippen LogP contribution in [0.5, 0.6) is 0 Å². The van der Waals surface area contributed by atoms with E-state index in [1.807, 2.05) is 6.07 Å². The highest BCUT2D eigenvalue weighted by atomic mass is 19.4. The van der Waals surface area contributed by atoms with Crippen LogP contribution in [0.4, 0.5) is 24.5 Å². The molecule has 0 fully saturated rings. The maximum absolute atomic E-state index is 12.8. The molecule has 1 aromatic heterocycles. The van der Waals surface area contributed by atoms with Gasteiger partial charge in [-0.2, -0.15) is 13.2 Å². The van der Waals surface area contributed by atoms with Crippen LogP contribution in [0, 0.1) is 6.92 Å². The normalized spacial score (nSPS) is 11.3. The summed E-state index contributed by atoms with van der Waals surface area (Å²) >= 11 is 0. The predicted molar refractivity (Wildman–Crippen MR) is 118 cm³/mol. The van der Waals surface area contributed by atoms with Crippen LogP contribution in [0.1, 0.15) is 30.5 Å². The minimum Gasteiger partial charge on any atom is -0.326 e. The minimum atomic E-state index is -4.51. The van der Waals surface area contributed by atoms with E-state index in [4.69, 9.17) is 0 Å². The molecule has 0 radical (unpaired) electrons. The Hall–Kier alpha value is -3.82. The van der Waals surface area contributed by atoms with Crippen LogP contribution in [0.25, 0.3) is 5.69 Å². The molecule has 0 atom stereocenters. The number of amides is 2. The number of aromatic nitrogens is 2. The number of carbonyl (C=O) groups excluding carboxylic acids is 2. The molecule has 0 unspecified atom stereocenters. The van der Waals surface area contributed by atoms with Gasteiger partial charge in [-0.3, -0.25) is 19.1 Å². The fourth-order valence-corrected chi connectivity index (χ4v) is 3.32. The number of para-hydroxylation sites is 1. The quantitative estimate of drug-likeness (QED) is 0.553. The second-order valence-corrected chi connectivity index (χ2v) is 7.46. The highest BCUT2D eigenvalue weighted by Crippen LogP contribution is 2.30. The van der Waals surface area contributed by atoms with Crippen molar-refractivity contribution in [2.24, 2.45) is 7.05 Å². The number of hydrogen-bond acceptors (Lipinski definition) is 3. The maximum atomic E-state index is 12.8. The largest absolute Gasteiger partial charge is 0.416 e. The average molecular weight is 460 g/mol. The molecule has 0 saturated carbocycles. The Kier molecular flexibility index (Phi) is 7.05. The number of halogens is 3. The molecule has 33 heavy (non-hydrogen) atoms. The van der Waals surface area contributed by atoms with Crippen molar-refractivity contribution in [3.05, 3.63) is 76.2 Å². The van der Waals surface area contributed by atoms with Gasteiger partial charge in [-0.15, -0.1) is 0 Å². The third-order valence-corrected chi connectivity index (χ3v) is 5.10. The Labute approximate surface area is 187 Å². The van der Waals surface area contributed by atoms with Crippen molar-refractivity contribution in [2.45, 2.75) is 32.4 Å². The molecule has 1 heterocycles. The molecule has 2 amide bonds. The predicted octanol–water partition coefficient (Wildman–Crippen LogP) is 4.25. The Morgan fingerprint density at radius 1 is 0.939 bits per heavy atom. The fourth-order valence-electron chi connectivity index (χ4n) is 3.32. The first kappa shape index (κ1) is 23.8. The smallest absolute Gasteiger partial charge is 0.326 e. The molecule has 3 rings (SSSR count). The highest BCUT2D eigenvalue weighted by molar-refractivity contribution is 5.93. The molecular formula is C23H23F3N4O3. The topological polar surface area (TPSA) is 85.1 Å². The number of hydrogen-bond donors (Lipinski definition) is 2. The summed E-state index contributed by atoms with van der Waals surface area (Å²) < 4.78 is 41.4. The zero-order valence-electron chi connectivity index (χ0n) is 18.1. The summed E-state index contributed by atoms with van der Waals surface area (Å²) in [4.78, 5) is 37.2.